The maximum atomic E-state index is 12.5. The van der Waals surface area contributed by atoms with E-state index >= 15 is 0 Å². The summed E-state index contributed by atoms with van der Waals surface area (Å²) < 4.78 is 0.877. The standard InChI is InChI=1S/C21H25N3O2S/c1-14-7-11-24(12-8-14)10-4-9-22-21(26)18-13-16-19(27-18)15-5-2-3-6-17(15)23-20(16)25/h2-3,5-6,13-14H,4,7-12H2,1H3,(H,22,26)(H,23,25). The van der Waals surface area contributed by atoms with Gasteiger partial charge in [0.1, 0.15) is 0 Å². The highest BCUT2D eigenvalue weighted by Gasteiger charge is 2.16. The van der Waals surface area contributed by atoms with Crippen LogP contribution in [0.4, 0.5) is 0 Å². The van der Waals surface area contributed by atoms with Gasteiger partial charge in [0, 0.05) is 22.1 Å². The molecule has 0 atom stereocenters. The molecule has 1 aromatic carbocycles. The van der Waals surface area contributed by atoms with Gasteiger partial charge in [0.05, 0.1) is 10.3 Å². The minimum absolute atomic E-state index is 0.0908. The fourth-order valence-corrected chi connectivity index (χ4v) is 4.84. The number of H-pyrrole nitrogens is 1. The van der Waals surface area contributed by atoms with Gasteiger partial charge in [-0.05, 0) is 56.9 Å². The van der Waals surface area contributed by atoms with E-state index in [1.54, 1.807) is 6.07 Å². The second-order valence-corrected chi connectivity index (χ2v) is 8.54. The van der Waals surface area contributed by atoms with Crippen LogP contribution < -0.4 is 10.9 Å². The van der Waals surface area contributed by atoms with Crippen molar-refractivity contribution in [3.63, 3.8) is 0 Å². The average molecular weight is 384 g/mol. The van der Waals surface area contributed by atoms with E-state index in [0.717, 1.165) is 34.5 Å². The summed E-state index contributed by atoms with van der Waals surface area (Å²) in [6, 6.07) is 9.42. The number of para-hydroxylation sites is 1. The molecule has 0 radical (unpaired) electrons. The minimum atomic E-state index is -0.140. The summed E-state index contributed by atoms with van der Waals surface area (Å²) in [6.07, 6.45) is 3.50. The smallest absolute Gasteiger partial charge is 0.261 e. The lowest BCUT2D eigenvalue weighted by Gasteiger charge is -2.30. The Bertz CT molecular complexity index is 1020. The van der Waals surface area contributed by atoms with Gasteiger partial charge in [-0.3, -0.25) is 9.59 Å². The van der Waals surface area contributed by atoms with Gasteiger partial charge in [-0.1, -0.05) is 25.1 Å². The maximum absolute atomic E-state index is 12.5. The molecule has 3 aromatic rings. The van der Waals surface area contributed by atoms with Crippen LogP contribution >= 0.6 is 11.3 Å². The summed E-state index contributed by atoms with van der Waals surface area (Å²) in [4.78, 5) is 30.8. The molecule has 5 nitrogen and oxygen atoms in total. The highest BCUT2D eigenvalue weighted by molar-refractivity contribution is 7.21. The number of thiophene rings is 1. The van der Waals surface area contributed by atoms with Crippen LogP contribution in [0.15, 0.2) is 35.1 Å². The third kappa shape index (κ3) is 3.92. The molecule has 3 heterocycles. The SMILES string of the molecule is CC1CCN(CCCNC(=O)c2cc3c(=O)[nH]c4ccccc4c3s2)CC1. The van der Waals surface area contributed by atoms with Gasteiger partial charge in [-0.2, -0.15) is 0 Å². The highest BCUT2D eigenvalue weighted by atomic mass is 32.1. The van der Waals surface area contributed by atoms with E-state index in [1.807, 2.05) is 24.3 Å². The van der Waals surface area contributed by atoms with Crippen molar-refractivity contribution < 1.29 is 4.79 Å². The molecule has 1 aliphatic heterocycles. The molecule has 2 aromatic heterocycles. The van der Waals surface area contributed by atoms with Crippen LogP contribution in [0.25, 0.3) is 21.0 Å². The number of rotatable bonds is 5. The summed E-state index contributed by atoms with van der Waals surface area (Å²) in [5.41, 5.74) is 0.665. The number of nitrogens with zero attached hydrogens (tertiary/aromatic N) is 1. The van der Waals surface area contributed by atoms with Crippen molar-refractivity contribution in [3.05, 3.63) is 45.6 Å². The number of nitrogens with one attached hydrogen (secondary N) is 2. The van der Waals surface area contributed by atoms with Crippen molar-refractivity contribution in [1.29, 1.82) is 0 Å². The van der Waals surface area contributed by atoms with E-state index in [0.29, 0.717) is 16.8 Å². The second-order valence-electron chi connectivity index (χ2n) is 7.49. The number of benzene rings is 1. The van der Waals surface area contributed by atoms with E-state index in [9.17, 15) is 9.59 Å². The molecular weight excluding hydrogens is 358 g/mol. The molecule has 4 rings (SSSR count). The number of carbonyl (C=O) groups excluding carboxylic acids is 1. The summed E-state index contributed by atoms with van der Waals surface area (Å²) >= 11 is 1.39. The molecule has 1 aliphatic rings. The largest absolute Gasteiger partial charge is 0.351 e. The minimum Gasteiger partial charge on any atom is -0.351 e. The van der Waals surface area contributed by atoms with Crippen molar-refractivity contribution in [2.24, 2.45) is 5.92 Å². The van der Waals surface area contributed by atoms with E-state index < -0.39 is 0 Å². The number of aromatic nitrogens is 1. The summed E-state index contributed by atoms with van der Waals surface area (Å²) in [5, 5.41) is 4.58. The Balaban J connectivity index is 1.40. The van der Waals surface area contributed by atoms with Gasteiger partial charge in [-0.15, -0.1) is 11.3 Å². The summed E-state index contributed by atoms with van der Waals surface area (Å²) in [5.74, 6) is 0.750. The van der Waals surface area contributed by atoms with E-state index in [4.69, 9.17) is 0 Å². The van der Waals surface area contributed by atoms with Crippen molar-refractivity contribution in [1.82, 2.24) is 15.2 Å². The number of aromatic amines is 1. The molecule has 0 aliphatic carbocycles. The first kappa shape index (κ1) is 18.2. The Morgan fingerprint density at radius 1 is 1.26 bits per heavy atom. The third-order valence-electron chi connectivity index (χ3n) is 5.43. The fraction of sp³-hybridized carbons (Fsp3) is 0.429. The predicted octanol–water partition coefficient (Wildman–Crippen LogP) is 3.59. The van der Waals surface area contributed by atoms with Crippen LogP contribution in [-0.2, 0) is 0 Å². The Hall–Kier alpha value is -2.18. The molecule has 0 saturated carbocycles. The molecule has 0 unspecified atom stereocenters. The number of hydrogen-bond acceptors (Lipinski definition) is 4. The summed E-state index contributed by atoms with van der Waals surface area (Å²) in [6.45, 7) is 6.35. The molecule has 0 spiro atoms. The zero-order valence-electron chi connectivity index (χ0n) is 15.6. The number of hydrogen-bond donors (Lipinski definition) is 2. The third-order valence-corrected chi connectivity index (χ3v) is 6.60. The van der Waals surface area contributed by atoms with Crippen molar-refractivity contribution in [2.75, 3.05) is 26.2 Å². The molecule has 1 saturated heterocycles. The molecule has 6 heteroatoms. The normalized spacial score (nSPS) is 16.2. The molecule has 1 amide bonds. The Kier molecular flexibility index (Phi) is 5.27. The zero-order chi connectivity index (χ0) is 18.8. The first-order valence-electron chi connectivity index (χ1n) is 9.67. The first-order chi connectivity index (χ1) is 13.1. The van der Waals surface area contributed by atoms with Gasteiger partial charge in [-0.25, -0.2) is 0 Å². The van der Waals surface area contributed by atoms with Gasteiger partial charge >= 0.3 is 0 Å². The number of likely N-dealkylation sites (tertiary alicyclic amines) is 1. The lowest BCUT2D eigenvalue weighted by atomic mass is 9.99. The Labute approximate surface area is 162 Å². The number of carbonyl (C=O) groups is 1. The molecule has 27 heavy (non-hydrogen) atoms. The molecule has 0 bridgehead atoms. The van der Waals surface area contributed by atoms with Gasteiger partial charge in [0.2, 0.25) is 0 Å². The lowest BCUT2D eigenvalue weighted by Crippen LogP contribution is -2.35. The lowest BCUT2D eigenvalue weighted by molar-refractivity contribution is 0.0954. The van der Waals surface area contributed by atoms with Crippen LogP contribution in [0.5, 0.6) is 0 Å². The van der Waals surface area contributed by atoms with Crippen molar-refractivity contribution in [2.45, 2.75) is 26.2 Å². The van der Waals surface area contributed by atoms with Crippen LogP contribution in [0.1, 0.15) is 35.9 Å². The average Bonchev–Trinajstić information content (AvgIpc) is 3.13. The van der Waals surface area contributed by atoms with E-state index in [1.165, 1.54) is 37.3 Å². The predicted molar refractivity (Wildman–Crippen MR) is 112 cm³/mol. The Morgan fingerprint density at radius 3 is 2.85 bits per heavy atom. The summed E-state index contributed by atoms with van der Waals surface area (Å²) in [7, 11) is 0. The quantitative estimate of drug-likeness (QED) is 0.662. The molecular formula is C21H25N3O2S. The van der Waals surface area contributed by atoms with Crippen molar-refractivity contribution >= 4 is 38.2 Å². The monoisotopic (exact) mass is 383 g/mol. The van der Waals surface area contributed by atoms with E-state index in [2.05, 4.69) is 22.1 Å². The van der Waals surface area contributed by atoms with Crippen LogP contribution in [0.2, 0.25) is 0 Å². The first-order valence-corrected chi connectivity index (χ1v) is 10.5. The second kappa shape index (κ2) is 7.82. The molecule has 1 fully saturated rings. The van der Waals surface area contributed by atoms with Crippen LogP contribution in [-0.4, -0.2) is 42.0 Å². The van der Waals surface area contributed by atoms with E-state index in [-0.39, 0.29) is 11.5 Å². The molecule has 2 N–H and O–H groups in total. The number of fused-ring (bicyclic) bond motifs is 3. The fourth-order valence-electron chi connectivity index (χ4n) is 3.73. The highest BCUT2D eigenvalue weighted by Crippen LogP contribution is 2.29. The number of pyridine rings is 1. The van der Waals surface area contributed by atoms with Crippen LogP contribution in [0, 0.1) is 5.92 Å². The van der Waals surface area contributed by atoms with Gasteiger partial charge in [0.15, 0.2) is 0 Å². The van der Waals surface area contributed by atoms with Gasteiger partial charge in [0.25, 0.3) is 11.5 Å². The number of piperidine rings is 1. The zero-order valence-corrected chi connectivity index (χ0v) is 16.4. The molecule has 142 valence electrons. The van der Waals surface area contributed by atoms with Crippen LogP contribution in [0.3, 0.4) is 0 Å². The maximum Gasteiger partial charge on any atom is 0.261 e. The van der Waals surface area contributed by atoms with Crippen molar-refractivity contribution in [3.8, 4) is 0 Å². The van der Waals surface area contributed by atoms with Gasteiger partial charge < -0.3 is 15.2 Å². The Morgan fingerprint density at radius 2 is 2.04 bits per heavy atom. The topological polar surface area (TPSA) is 65.2 Å². The number of amides is 1.